The molecule has 0 N–H and O–H groups in total. The summed E-state index contributed by atoms with van der Waals surface area (Å²) in [6.45, 7) is 4.62. The van der Waals surface area contributed by atoms with Crippen molar-refractivity contribution in [1.82, 2.24) is 4.98 Å². The van der Waals surface area contributed by atoms with E-state index < -0.39 is 0 Å². The molecule has 0 saturated carbocycles. The van der Waals surface area contributed by atoms with E-state index in [4.69, 9.17) is 9.47 Å². The van der Waals surface area contributed by atoms with Gasteiger partial charge < -0.3 is 14.4 Å². The maximum Gasteiger partial charge on any atom is 0.341 e. The van der Waals surface area contributed by atoms with Crippen molar-refractivity contribution in [3.63, 3.8) is 0 Å². The van der Waals surface area contributed by atoms with Crippen LogP contribution in [-0.2, 0) is 9.47 Å². The van der Waals surface area contributed by atoms with Gasteiger partial charge in [0.05, 0.1) is 19.3 Å². The van der Waals surface area contributed by atoms with Crippen molar-refractivity contribution < 1.29 is 14.3 Å². The van der Waals surface area contributed by atoms with Gasteiger partial charge in [-0.2, -0.15) is 0 Å². The first-order valence-electron chi connectivity index (χ1n) is 7.74. The highest BCUT2D eigenvalue weighted by molar-refractivity contribution is 5.94. The van der Waals surface area contributed by atoms with Gasteiger partial charge in [-0.3, -0.25) is 0 Å². The lowest BCUT2D eigenvalue weighted by Crippen LogP contribution is -2.47. The number of pyridine rings is 1. The summed E-state index contributed by atoms with van der Waals surface area (Å²) in [5.41, 5.74) is 1.81. The van der Waals surface area contributed by atoms with Crippen molar-refractivity contribution >= 4 is 11.8 Å². The van der Waals surface area contributed by atoms with Gasteiger partial charge in [0, 0.05) is 19.3 Å². The highest BCUT2D eigenvalue weighted by atomic mass is 16.5. The Labute approximate surface area is 130 Å². The van der Waals surface area contributed by atoms with Gasteiger partial charge in [0.1, 0.15) is 11.4 Å². The highest BCUT2D eigenvalue weighted by Crippen LogP contribution is 2.34. The molecule has 2 aliphatic rings. The summed E-state index contributed by atoms with van der Waals surface area (Å²) in [5, 5.41) is 0. The number of ether oxygens (including phenoxy) is 2. The van der Waals surface area contributed by atoms with Crippen LogP contribution in [0.5, 0.6) is 0 Å². The number of anilines is 1. The van der Waals surface area contributed by atoms with E-state index in [9.17, 15) is 4.79 Å². The van der Waals surface area contributed by atoms with Crippen LogP contribution in [0.15, 0.2) is 30.0 Å². The summed E-state index contributed by atoms with van der Waals surface area (Å²) in [6.07, 6.45) is 6.86. The lowest BCUT2D eigenvalue weighted by atomic mass is 9.87. The predicted octanol–water partition coefficient (Wildman–Crippen LogP) is 2.57. The second-order valence-corrected chi connectivity index (χ2v) is 6.01. The summed E-state index contributed by atoms with van der Waals surface area (Å²) >= 11 is 0. The van der Waals surface area contributed by atoms with E-state index in [0.29, 0.717) is 11.4 Å². The minimum absolute atomic E-state index is 0.126. The number of piperidine rings is 1. The minimum atomic E-state index is -0.340. The van der Waals surface area contributed by atoms with Crippen LogP contribution in [-0.4, -0.2) is 43.4 Å². The third-order valence-electron chi connectivity index (χ3n) is 4.50. The van der Waals surface area contributed by atoms with Crippen LogP contribution in [0.25, 0.3) is 0 Å². The fourth-order valence-corrected chi connectivity index (χ4v) is 3.28. The number of carbonyl (C=O) groups excluding carboxylic acids is 1. The van der Waals surface area contributed by atoms with Crippen molar-refractivity contribution in [2.45, 2.75) is 31.8 Å². The van der Waals surface area contributed by atoms with Gasteiger partial charge in [-0.05, 0) is 38.3 Å². The molecule has 0 amide bonds. The highest BCUT2D eigenvalue weighted by Gasteiger charge is 2.36. The molecule has 0 atom stereocenters. The molecule has 1 aromatic rings. The molecule has 1 aromatic heterocycles. The topological polar surface area (TPSA) is 51.7 Å². The molecule has 118 valence electrons. The Morgan fingerprint density at radius 3 is 2.86 bits per heavy atom. The number of aromatic nitrogens is 1. The Morgan fingerprint density at radius 2 is 2.18 bits per heavy atom. The van der Waals surface area contributed by atoms with Gasteiger partial charge in [0.15, 0.2) is 0 Å². The zero-order valence-electron chi connectivity index (χ0n) is 13.2. The third kappa shape index (κ3) is 2.86. The van der Waals surface area contributed by atoms with Gasteiger partial charge in [-0.1, -0.05) is 11.6 Å². The SMILES string of the molecule is COC(=O)c1cccnc1N1CCC2(C=C(C)CCO2)CC1. The molecule has 1 fully saturated rings. The molecule has 1 spiro atoms. The predicted molar refractivity (Wildman–Crippen MR) is 84.1 cm³/mol. The number of esters is 1. The van der Waals surface area contributed by atoms with Crippen molar-refractivity contribution in [3.05, 3.63) is 35.5 Å². The molecule has 3 heterocycles. The first-order chi connectivity index (χ1) is 10.6. The van der Waals surface area contributed by atoms with Crippen molar-refractivity contribution in [3.8, 4) is 0 Å². The molecule has 5 nitrogen and oxygen atoms in total. The molecule has 0 unspecified atom stereocenters. The van der Waals surface area contributed by atoms with Crippen molar-refractivity contribution in [2.75, 3.05) is 31.7 Å². The smallest absolute Gasteiger partial charge is 0.341 e. The Bertz CT molecular complexity index is 589. The van der Waals surface area contributed by atoms with Crippen LogP contribution in [0.4, 0.5) is 5.82 Å². The maximum absolute atomic E-state index is 11.9. The van der Waals surface area contributed by atoms with E-state index in [1.165, 1.54) is 12.7 Å². The van der Waals surface area contributed by atoms with Crippen molar-refractivity contribution in [1.29, 1.82) is 0 Å². The maximum atomic E-state index is 11.9. The van der Waals surface area contributed by atoms with Gasteiger partial charge in [-0.15, -0.1) is 0 Å². The first-order valence-corrected chi connectivity index (χ1v) is 7.74. The first kappa shape index (κ1) is 15.0. The number of nitrogens with zero attached hydrogens (tertiary/aromatic N) is 2. The number of hydrogen-bond acceptors (Lipinski definition) is 5. The molecular formula is C17H22N2O3. The van der Waals surface area contributed by atoms with Gasteiger partial charge in [0.25, 0.3) is 0 Å². The Balaban J connectivity index is 1.77. The van der Waals surface area contributed by atoms with Crippen LogP contribution >= 0.6 is 0 Å². The average Bonchev–Trinajstić information content (AvgIpc) is 2.55. The van der Waals surface area contributed by atoms with Gasteiger partial charge in [-0.25, -0.2) is 9.78 Å². The fraction of sp³-hybridized carbons (Fsp3) is 0.529. The quantitative estimate of drug-likeness (QED) is 0.621. The molecule has 0 bridgehead atoms. The van der Waals surface area contributed by atoms with Crippen LogP contribution in [0.2, 0.25) is 0 Å². The van der Waals surface area contributed by atoms with Crippen LogP contribution < -0.4 is 4.90 Å². The largest absolute Gasteiger partial charge is 0.465 e. The minimum Gasteiger partial charge on any atom is -0.465 e. The summed E-state index contributed by atoms with van der Waals surface area (Å²) in [6, 6.07) is 3.53. The standard InChI is InChI=1S/C17H22N2O3/c1-13-5-11-22-17(12-13)6-9-19(10-7-17)15-14(16(20)21-2)4-3-8-18-15/h3-4,8,12H,5-7,9-11H2,1-2H3. The lowest BCUT2D eigenvalue weighted by Gasteiger charge is -2.42. The van der Waals surface area contributed by atoms with Crippen LogP contribution in [0.1, 0.15) is 36.5 Å². The molecule has 1 saturated heterocycles. The van der Waals surface area contributed by atoms with Crippen LogP contribution in [0, 0.1) is 0 Å². The summed E-state index contributed by atoms with van der Waals surface area (Å²) < 4.78 is 10.9. The number of methoxy groups -OCH3 is 1. The van der Waals surface area contributed by atoms with Crippen LogP contribution in [0.3, 0.4) is 0 Å². The zero-order chi connectivity index (χ0) is 15.6. The zero-order valence-corrected chi connectivity index (χ0v) is 13.2. The van der Waals surface area contributed by atoms with Crippen molar-refractivity contribution in [2.24, 2.45) is 0 Å². The normalized spacial score (nSPS) is 20.6. The summed E-state index contributed by atoms with van der Waals surface area (Å²) in [4.78, 5) is 18.4. The molecule has 5 heteroatoms. The summed E-state index contributed by atoms with van der Waals surface area (Å²) in [7, 11) is 1.40. The molecular weight excluding hydrogens is 280 g/mol. The van der Waals surface area contributed by atoms with Gasteiger partial charge >= 0.3 is 5.97 Å². The Kier molecular flexibility index (Phi) is 4.16. The average molecular weight is 302 g/mol. The van der Waals surface area contributed by atoms with E-state index >= 15 is 0 Å². The molecule has 0 radical (unpaired) electrons. The number of rotatable bonds is 2. The number of hydrogen-bond donors (Lipinski definition) is 0. The molecule has 22 heavy (non-hydrogen) atoms. The van der Waals surface area contributed by atoms with E-state index in [0.717, 1.165) is 39.0 Å². The molecule has 0 aliphatic carbocycles. The number of carbonyl (C=O) groups is 1. The second kappa shape index (κ2) is 6.08. The third-order valence-corrected chi connectivity index (χ3v) is 4.50. The van der Waals surface area contributed by atoms with E-state index in [1.807, 2.05) is 0 Å². The second-order valence-electron chi connectivity index (χ2n) is 6.01. The molecule has 2 aliphatic heterocycles. The molecule has 0 aromatic carbocycles. The fourth-order valence-electron chi connectivity index (χ4n) is 3.28. The Hall–Kier alpha value is -1.88. The lowest BCUT2D eigenvalue weighted by molar-refractivity contribution is -0.0326. The monoisotopic (exact) mass is 302 g/mol. The Morgan fingerprint density at radius 1 is 1.41 bits per heavy atom. The summed E-state index contributed by atoms with van der Waals surface area (Å²) in [5.74, 6) is 0.369. The van der Waals surface area contributed by atoms with E-state index in [1.54, 1.807) is 18.3 Å². The van der Waals surface area contributed by atoms with E-state index in [2.05, 4.69) is 22.9 Å². The van der Waals surface area contributed by atoms with E-state index in [-0.39, 0.29) is 11.6 Å². The molecule has 3 rings (SSSR count). The van der Waals surface area contributed by atoms with Gasteiger partial charge in [0.2, 0.25) is 0 Å².